The molecule has 2 atom stereocenters. The molecule has 0 aliphatic heterocycles. The number of carboxylic acid groups (broad SMARTS) is 1. The van der Waals surface area contributed by atoms with Crippen molar-refractivity contribution in [3.05, 3.63) is 30.3 Å². The average Bonchev–Trinajstić information content (AvgIpc) is 2.35. The maximum atomic E-state index is 12.1. The third-order valence-corrected chi connectivity index (χ3v) is 3.43. The lowest BCUT2D eigenvalue weighted by molar-refractivity contribution is -0.135. The standard InChI is InChI=1S/C13H18N2O4S/c1-10(9-20(2)19)14-13(18)15(8-12(16)17)11-6-4-3-5-7-11/h3-7,10H,8-9H2,1-2H3,(H,14,18)(H,16,17). The SMILES string of the molecule is CC(CS(C)=O)NC(=O)N(CC(=O)O)c1ccccc1. The van der Waals surface area contributed by atoms with E-state index in [-0.39, 0.29) is 6.04 Å². The lowest BCUT2D eigenvalue weighted by Gasteiger charge is -2.23. The summed E-state index contributed by atoms with van der Waals surface area (Å²) in [7, 11) is -1.03. The van der Waals surface area contributed by atoms with Crippen LogP contribution < -0.4 is 10.2 Å². The van der Waals surface area contributed by atoms with Crippen LogP contribution in [-0.4, -0.2) is 45.9 Å². The van der Waals surface area contributed by atoms with E-state index in [0.717, 1.165) is 4.90 Å². The van der Waals surface area contributed by atoms with E-state index in [1.807, 2.05) is 0 Å². The molecule has 0 radical (unpaired) electrons. The number of urea groups is 1. The molecule has 2 N–H and O–H groups in total. The monoisotopic (exact) mass is 298 g/mol. The molecule has 0 heterocycles. The van der Waals surface area contributed by atoms with Gasteiger partial charge in [-0.1, -0.05) is 18.2 Å². The van der Waals surface area contributed by atoms with E-state index >= 15 is 0 Å². The maximum absolute atomic E-state index is 12.1. The minimum absolute atomic E-state index is 0.298. The lowest BCUT2D eigenvalue weighted by Crippen LogP contribution is -2.47. The molecular weight excluding hydrogens is 280 g/mol. The van der Waals surface area contributed by atoms with Crippen LogP contribution in [-0.2, 0) is 15.6 Å². The van der Waals surface area contributed by atoms with Crippen molar-refractivity contribution >= 4 is 28.5 Å². The third kappa shape index (κ3) is 5.40. The van der Waals surface area contributed by atoms with Gasteiger partial charge in [0.2, 0.25) is 0 Å². The van der Waals surface area contributed by atoms with E-state index < -0.39 is 29.3 Å². The van der Waals surface area contributed by atoms with E-state index in [0.29, 0.717) is 11.4 Å². The number of anilines is 1. The molecule has 2 unspecified atom stereocenters. The Morgan fingerprint density at radius 3 is 2.45 bits per heavy atom. The Labute approximate surface area is 120 Å². The molecule has 110 valence electrons. The van der Waals surface area contributed by atoms with Crippen molar-refractivity contribution in [3.63, 3.8) is 0 Å². The highest BCUT2D eigenvalue weighted by Gasteiger charge is 2.20. The Morgan fingerprint density at radius 2 is 1.95 bits per heavy atom. The summed E-state index contributed by atoms with van der Waals surface area (Å²) in [5.74, 6) is -0.780. The fourth-order valence-electron chi connectivity index (χ4n) is 1.71. The first-order valence-electron chi connectivity index (χ1n) is 6.05. The molecule has 0 aromatic heterocycles. The number of hydrogen-bond donors (Lipinski definition) is 2. The summed E-state index contributed by atoms with van der Waals surface area (Å²) in [6.07, 6.45) is 1.55. The summed E-state index contributed by atoms with van der Waals surface area (Å²) in [6, 6.07) is 7.73. The van der Waals surface area contributed by atoms with Gasteiger partial charge in [0.05, 0.1) is 0 Å². The van der Waals surface area contributed by atoms with Gasteiger partial charge in [0, 0.05) is 34.5 Å². The van der Waals surface area contributed by atoms with Crippen LogP contribution in [0.2, 0.25) is 0 Å². The molecule has 0 saturated heterocycles. The van der Waals surface area contributed by atoms with Crippen LogP contribution in [0.1, 0.15) is 6.92 Å². The minimum Gasteiger partial charge on any atom is -0.480 e. The van der Waals surface area contributed by atoms with Gasteiger partial charge in [0.25, 0.3) is 0 Å². The molecule has 0 saturated carbocycles. The van der Waals surface area contributed by atoms with Gasteiger partial charge in [-0.2, -0.15) is 0 Å². The highest BCUT2D eigenvalue weighted by molar-refractivity contribution is 7.84. The largest absolute Gasteiger partial charge is 0.480 e. The zero-order chi connectivity index (χ0) is 15.1. The normalized spacial score (nSPS) is 13.3. The zero-order valence-corrected chi connectivity index (χ0v) is 12.2. The number of benzene rings is 1. The molecule has 7 heteroatoms. The van der Waals surface area contributed by atoms with E-state index in [1.165, 1.54) is 0 Å². The highest BCUT2D eigenvalue weighted by Crippen LogP contribution is 2.13. The molecule has 6 nitrogen and oxygen atoms in total. The van der Waals surface area contributed by atoms with Gasteiger partial charge in [0.15, 0.2) is 0 Å². The molecular formula is C13H18N2O4S. The van der Waals surface area contributed by atoms with Crippen molar-refractivity contribution in [2.75, 3.05) is 23.5 Å². The third-order valence-electron chi connectivity index (χ3n) is 2.46. The zero-order valence-electron chi connectivity index (χ0n) is 11.4. The Hall–Kier alpha value is -1.89. The number of carboxylic acids is 1. The maximum Gasteiger partial charge on any atom is 0.323 e. The summed E-state index contributed by atoms with van der Waals surface area (Å²) in [4.78, 5) is 24.1. The molecule has 0 aliphatic rings. The van der Waals surface area contributed by atoms with E-state index in [4.69, 9.17) is 5.11 Å². The summed E-state index contributed by atoms with van der Waals surface area (Å²) in [5, 5.41) is 11.5. The average molecular weight is 298 g/mol. The molecule has 0 spiro atoms. The van der Waals surface area contributed by atoms with Crippen LogP contribution in [0.4, 0.5) is 10.5 Å². The molecule has 1 aromatic rings. The van der Waals surface area contributed by atoms with Crippen LogP contribution in [0.25, 0.3) is 0 Å². The van der Waals surface area contributed by atoms with Gasteiger partial charge >= 0.3 is 12.0 Å². The first-order valence-corrected chi connectivity index (χ1v) is 7.77. The second kappa shape index (κ2) is 7.64. The Morgan fingerprint density at radius 1 is 1.35 bits per heavy atom. The lowest BCUT2D eigenvalue weighted by atomic mass is 10.3. The second-order valence-corrected chi connectivity index (χ2v) is 5.89. The molecule has 1 aromatic carbocycles. The van der Waals surface area contributed by atoms with Crippen LogP contribution >= 0.6 is 0 Å². The Balaban J connectivity index is 2.80. The number of rotatable bonds is 6. The molecule has 2 amide bonds. The van der Waals surface area contributed by atoms with Gasteiger partial charge < -0.3 is 10.4 Å². The van der Waals surface area contributed by atoms with E-state index in [1.54, 1.807) is 43.5 Å². The van der Waals surface area contributed by atoms with Crippen molar-refractivity contribution in [2.24, 2.45) is 0 Å². The van der Waals surface area contributed by atoms with Gasteiger partial charge in [-0.05, 0) is 19.1 Å². The van der Waals surface area contributed by atoms with Gasteiger partial charge in [-0.3, -0.25) is 13.9 Å². The number of hydrogen-bond acceptors (Lipinski definition) is 3. The second-order valence-electron chi connectivity index (χ2n) is 4.41. The quantitative estimate of drug-likeness (QED) is 0.822. The van der Waals surface area contributed by atoms with Crippen molar-refractivity contribution in [3.8, 4) is 0 Å². The number of nitrogens with zero attached hydrogens (tertiary/aromatic N) is 1. The predicted octanol–water partition coefficient (Wildman–Crippen LogP) is 1.05. The highest BCUT2D eigenvalue weighted by atomic mass is 32.2. The van der Waals surface area contributed by atoms with Crippen molar-refractivity contribution < 1.29 is 18.9 Å². The number of nitrogens with one attached hydrogen (secondary N) is 1. The fraction of sp³-hybridized carbons (Fsp3) is 0.385. The molecule has 0 bridgehead atoms. The summed E-state index contributed by atoms with van der Waals surface area (Å²) >= 11 is 0. The number of carbonyl (C=O) groups excluding carboxylic acids is 1. The number of aliphatic carboxylic acids is 1. The smallest absolute Gasteiger partial charge is 0.323 e. The van der Waals surface area contributed by atoms with E-state index in [9.17, 15) is 13.8 Å². The van der Waals surface area contributed by atoms with Crippen LogP contribution in [0, 0.1) is 0 Å². The molecule has 20 heavy (non-hydrogen) atoms. The van der Waals surface area contributed by atoms with Crippen LogP contribution in [0.3, 0.4) is 0 Å². The van der Waals surface area contributed by atoms with Gasteiger partial charge in [0.1, 0.15) is 6.54 Å². The predicted molar refractivity (Wildman–Crippen MR) is 78.4 cm³/mol. The van der Waals surface area contributed by atoms with Gasteiger partial charge in [-0.15, -0.1) is 0 Å². The molecule has 1 rings (SSSR count). The number of amides is 2. The number of carbonyl (C=O) groups is 2. The minimum atomic E-state index is -1.10. The first kappa shape index (κ1) is 16.2. The van der Waals surface area contributed by atoms with Crippen molar-refractivity contribution in [1.82, 2.24) is 5.32 Å². The van der Waals surface area contributed by atoms with Gasteiger partial charge in [-0.25, -0.2) is 4.79 Å². The first-order chi connectivity index (χ1) is 9.40. The Bertz CT molecular complexity index is 492. The molecule has 0 fully saturated rings. The summed E-state index contributed by atoms with van der Waals surface area (Å²) < 4.78 is 11.1. The van der Waals surface area contributed by atoms with Crippen LogP contribution in [0.15, 0.2) is 30.3 Å². The van der Waals surface area contributed by atoms with Crippen molar-refractivity contribution in [2.45, 2.75) is 13.0 Å². The van der Waals surface area contributed by atoms with Crippen molar-refractivity contribution in [1.29, 1.82) is 0 Å². The summed E-state index contributed by atoms with van der Waals surface area (Å²) in [5.41, 5.74) is 0.497. The number of para-hydroxylation sites is 1. The van der Waals surface area contributed by atoms with Crippen LogP contribution in [0.5, 0.6) is 0 Å². The topological polar surface area (TPSA) is 86.7 Å². The van der Waals surface area contributed by atoms with E-state index in [2.05, 4.69) is 5.32 Å². The Kier molecular flexibility index (Phi) is 6.17. The summed E-state index contributed by atoms with van der Waals surface area (Å²) in [6.45, 7) is 1.29. The fourth-order valence-corrected chi connectivity index (χ4v) is 2.49. The molecule has 0 aliphatic carbocycles.